The van der Waals surface area contributed by atoms with Gasteiger partial charge in [0.1, 0.15) is 5.82 Å². The first-order valence-electron chi connectivity index (χ1n) is 5.92. The van der Waals surface area contributed by atoms with Crippen molar-refractivity contribution in [2.75, 3.05) is 20.6 Å². The van der Waals surface area contributed by atoms with Gasteiger partial charge in [-0.3, -0.25) is 9.69 Å². The first-order chi connectivity index (χ1) is 8.58. The fraction of sp³-hybridized carbons (Fsp3) is 0.462. The maximum atomic E-state index is 13.5. The van der Waals surface area contributed by atoms with E-state index in [0.717, 1.165) is 0 Å². The van der Waals surface area contributed by atoms with Crippen molar-refractivity contribution in [2.45, 2.75) is 19.0 Å². The van der Waals surface area contributed by atoms with Crippen LogP contribution in [0.25, 0.3) is 0 Å². The van der Waals surface area contributed by atoms with Crippen LogP contribution in [0.1, 0.15) is 12.0 Å². The van der Waals surface area contributed by atoms with Crippen LogP contribution in [0.4, 0.5) is 4.39 Å². The predicted molar refractivity (Wildman–Crippen MR) is 69.4 cm³/mol. The summed E-state index contributed by atoms with van der Waals surface area (Å²) >= 11 is 0. The number of amides is 1. The molecule has 5 heteroatoms. The molecular weight excluding hydrogens is 233 g/mol. The third-order valence-corrected chi connectivity index (χ3v) is 2.97. The Morgan fingerprint density at radius 3 is 2.72 bits per heavy atom. The molecule has 0 saturated heterocycles. The number of halogens is 1. The third-order valence-electron chi connectivity index (χ3n) is 2.97. The number of nitrogens with two attached hydrogens (primary N) is 1. The van der Waals surface area contributed by atoms with Crippen LogP contribution in [0.2, 0.25) is 0 Å². The lowest BCUT2D eigenvalue weighted by atomic mass is 10.1. The summed E-state index contributed by atoms with van der Waals surface area (Å²) in [5, 5.41) is 2.56. The average molecular weight is 253 g/mol. The molecule has 0 aromatic heterocycles. The second-order valence-corrected chi connectivity index (χ2v) is 4.27. The number of likely N-dealkylation sites (N-methyl/N-ethyl adjacent to an activating group) is 1. The second-order valence-electron chi connectivity index (χ2n) is 4.27. The van der Waals surface area contributed by atoms with E-state index in [4.69, 9.17) is 5.73 Å². The first-order valence-corrected chi connectivity index (χ1v) is 5.92. The number of nitrogens with one attached hydrogen (secondary N) is 1. The van der Waals surface area contributed by atoms with Crippen LogP contribution < -0.4 is 11.1 Å². The minimum atomic E-state index is -0.236. The molecule has 3 N–H and O–H groups in total. The molecule has 1 amide bonds. The highest BCUT2D eigenvalue weighted by Crippen LogP contribution is 2.11. The first kappa shape index (κ1) is 14.6. The van der Waals surface area contributed by atoms with Crippen molar-refractivity contribution in [3.05, 3.63) is 35.6 Å². The third kappa shape index (κ3) is 4.09. The van der Waals surface area contributed by atoms with Gasteiger partial charge < -0.3 is 11.1 Å². The monoisotopic (exact) mass is 253 g/mol. The summed E-state index contributed by atoms with van der Waals surface area (Å²) in [6, 6.07) is 6.52. The standard InChI is InChI=1S/C13H20FN3O/c1-16-13(18)7-11(8-15)17(2)9-10-5-3-4-6-12(10)14/h3-6,11H,7-9,15H2,1-2H3,(H,16,18). The zero-order valence-corrected chi connectivity index (χ0v) is 10.8. The van der Waals surface area contributed by atoms with E-state index in [1.807, 2.05) is 11.9 Å². The number of benzene rings is 1. The van der Waals surface area contributed by atoms with E-state index >= 15 is 0 Å². The average Bonchev–Trinajstić information content (AvgIpc) is 2.38. The van der Waals surface area contributed by atoms with Crippen molar-refractivity contribution in [1.82, 2.24) is 10.2 Å². The van der Waals surface area contributed by atoms with Crippen LogP contribution in [-0.2, 0) is 11.3 Å². The predicted octanol–water partition coefficient (Wildman–Crippen LogP) is 0.721. The molecule has 0 heterocycles. The van der Waals surface area contributed by atoms with Crippen molar-refractivity contribution in [3.8, 4) is 0 Å². The number of carbonyl (C=O) groups is 1. The van der Waals surface area contributed by atoms with Gasteiger partial charge in [-0.1, -0.05) is 18.2 Å². The Labute approximate surface area is 107 Å². The molecule has 1 unspecified atom stereocenters. The van der Waals surface area contributed by atoms with Crippen molar-refractivity contribution in [2.24, 2.45) is 5.73 Å². The SMILES string of the molecule is CNC(=O)CC(CN)N(C)Cc1ccccc1F. The Morgan fingerprint density at radius 1 is 1.50 bits per heavy atom. The molecule has 0 bridgehead atoms. The molecule has 1 aromatic rings. The molecule has 1 atom stereocenters. The highest BCUT2D eigenvalue weighted by Gasteiger charge is 2.17. The lowest BCUT2D eigenvalue weighted by Gasteiger charge is -2.26. The Morgan fingerprint density at radius 2 is 2.17 bits per heavy atom. The zero-order chi connectivity index (χ0) is 13.5. The van der Waals surface area contributed by atoms with Gasteiger partial charge in [0.05, 0.1) is 0 Å². The molecule has 100 valence electrons. The number of nitrogens with zero attached hydrogens (tertiary/aromatic N) is 1. The smallest absolute Gasteiger partial charge is 0.221 e. The minimum Gasteiger partial charge on any atom is -0.359 e. The van der Waals surface area contributed by atoms with E-state index < -0.39 is 0 Å². The Hall–Kier alpha value is -1.46. The van der Waals surface area contributed by atoms with Crippen LogP contribution in [0.3, 0.4) is 0 Å². The molecule has 1 rings (SSSR count). The fourth-order valence-corrected chi connectivity index (χ4v) is 1.76. The molecule has 0 radical (unpaired) electrons. The van der Waals surface area contributed by atoms with Crippen molar-refractivity contribution < 1.29 is 9.18 Å². The van der Waals surface area contributed by atoms with Gasteiger partial charge in [-0.05, 0) is 13.1 Å². The lowest BCUT2D eigenvalue weighted by molar-refractivity contribution is -0.121. The van der Waals surface area contributed by atoms with Crippen LogP contribution in [-0.4, -0.2) is 37.5 Å². The summed E-state index contributed by atoms with van der Waals surface area (Å²) < 4.78 is 13.5. The second kappa shape index (κ2) is 7.08. The molecular formula is C13H20FN3O. The Balaban J connectivity index is 2.65. The van der Waals surface area contributed by atoms with E-state index in [0.29, 0.717) is 25.1 Å². The van der Waals surface area contributed by atoms with E-state index in [9.17, 15) is 9.18 Å². The van der Waals surface area contributed by atoms with Gasteiger partial charge in [0, 0.05) is 38.2 Å². The van der Waals surface area contributed by atoms with Gasteiger partial charge in [0.2, 0.25) is 5.91 Å². The van der Waals surface area contributed by atoms with Crippen molar-refractivity contribution >= 4 is 5.91 Å². The van der Waals surface area contributed by atoms with Crippen LogP contribution in [0.15, 0.2) is 24.3 Å². The summed E-state index contributed by atoms with van der Waals surface area (Å²) in [7, 11) is 3.43. The molecule has 4 nitrogen and oxygen atoms in total. The molecule has 1 aromatic carbocycles. The summed E-state index contributed by atoms with van der Waals surface area (Å²) in [4.78, 5) is 13.2. The molecule has 0 aliphatic heterocycles. The highest BCUT2D eigenvalue weighted by molar-refractivity contribution is 5.76. The van der Waals surface area contributed by atoms with Gasteiger partial charge in [-0.25, -0.2) is 4.39 Å². The van der Waals surface area contributed by atoms with Gasteiger partial charge in [-0.2, -0.15) is 0 Å². The number of carbonyl (C=O) groups excluding carboxylic acids is 1. The van der Waals surface area contributed by atoms with Gasteiger partial charge in [0.25, 0.3) is 0 Å². The fourth-order valence-electron chi connectivity index (χ4n) is 1.76. The molecule has 0 spiro atoms. The lowest BCUT2D eigenvalue weighted by Crippen LogP contribution is -2.41. The Bertz CT molecular complexity index is 398. The Kier molecular flexibility index (Phi) is 5.74. The van der Waals surface area contributed by atoms with Crippen molar-refractivity contribution in [3.63, 3.8) is 0 Å². The maximum Gasteiger partial charge on any atom is 0.221 e. The van der Waals surface area contributed by atoms with Gasteiger partial charge >= 0.3 is 0 Å². The molecule has 0 aliphatic carbocycles. The maximum absolute atomic E-state index is 13.5. The normalized spacial score (nSPS) is 12.5. The number of hydrogen-bond acceptors (Lipinski definition) is 3. The highest BCUT2D eigenvalue weighted by atomic mass is 19.1. The van der Waals surface area contributed by atoms with Gasteiger partial charge in [-0.15, -0.1) is 0 Å². The number of rotatable bonds is 6. The van der Waals surface area contributed by atoms with E-state index in [2.05, 4.69) is 5.32 Å². The van der Waals surface area contributed by atoms with E-state index in [1.54, 1.807) is 25.2 Å². The van der Waals surface area contributed by atoms with Crippen LogP contribution in [0, 0.1) is 5.82 Å². The zero-order valence-electron chi connectivity index (χ0n) is 10.8. The number of hydrogen-bond donors (Lipinski definition) is 2. The van der Waals surface area contributed by atoms with E-state index in [-0.39, 0.29) is 17.8 Å². The summed E-state index contributed by atoms with van der Waals surface area (Å²) in [6.45, 7) is 0.796. The molecule has 0 aliphatic rings. The molecule has 18 heavy (non-hydrogen) atoms. The summed E-state index contributed by atoms with van der Waals surface area (Å²) in [6.07, 6.45) is 0.317. The molecule has 0 saturated carbocycles. The minimum absolute atomic E-state index is 0.0640. The summed E-state index contributed by atoms with van der Waals surface area (Å²) in [5.74, 6) is -0.300. The largest absolute Gasteiger partial charge is 0.359 e. The van der Waals surface area contributed by atoms with E-state index in [1.165, 1.54) is 6.07 Å². The topological polar surface area (TPSA) is 58.4 Å². The van der Waals surface area contributed by atoms with Gasteiger partial charge in [0.15, 0.2) is 0 Å². The summed E-state index contributed by atoms with van der Waals surface area (Å²) in [5.41, 5.74) is 6.26. The van der Waals surface area contributed by atoms with Crippen LogP contribution in [0.5, 0.6) is 0 Å². The van der Waals surface area contributed by atoms with Crippen LogP contribution >= 0.6 is 0 Å². The molecule has 0 fully saturated rings. The van der Waals surface area contributed by atoms with Crippen molar-refractivity contribution in [1.29, 1.82) is 0 Å². The quantitative estimate of drug-likeness (QED) is 0.785.